The van der Waals surface area contributed by atoms with Gasteiger partial charge in [0.15, 0.2) is 9.76 Å². The second-order valence-corrected chi connectivity index (χ2v) is 6.62. The van der Waals surface area contributed by atoms with Crippen LogP contribution >= 0.6 is 0 Å². The molecule has 0 N–H and O–H groups in total. The molecule has 0 fully saturated rings. The molecule has 0 saturated carbocycles. The van der Waals surface area contributed by atoms with E-state index in [1.54, 1.807) is 0 Å². The van der Waals surface area contributed by atoms with Gasteiger partial charge in [-0.1, -0.05) is 26.7 Å². The van der Waals surface area contributed by atoms with Crippen molar-refractivity contribution in [3.8, 4) is 0 Å². The summed E-state index contributed by atoms with van der Waals surface area (Å²) in [5, 5.41) is 0. The summed E-state index contributed by atoms with van der Waals surface area (Å²) in [5.41, 5.74) is 0. The quantitative estimate of drug-likeness (QED) is 0.394. The van der Waals surface area contributed by atoms with E-state index in [9.17, 15) is 0 Å². The Bertz CT molecular complexity index is 145. The van der Waals surface area contributed by atoms with Crippen LogP contribution in [0.5, 0.6) is 0 Å². The largest absolute Gasteiger partial charge is 0.422 e. The van der Waals surface area contributed by atoms with Crippen LogP contribution in [-0.4, -0.2) is 40.4 Å². The Hall–Kier alpha value is 0.137. The average Bonchev–Trinajstić information content (AvgIpc) is 2.30. The van der Waals surface area contributed by atoms with E-state index in [2.05, 4.69) is 32.6 Å². The Morgan fingerprint density at radius 2 is 1.47 bits per heavy atom. The van der Waals surface area contributed by atoms with Crippen LogP contribution in [-0.2, 0) is 4.43 Å². The highest BCUT2D eigenvalue weighted by atomic mass is 28.2. The highest BCUT2D eigenvalue weighted by Gasteiger charge is 2.03. The van der Waals surface area contributed by atoms with E-state index in [1.807, 2.05) is 0 Å². The molecule has 0 saturated heterocycles. The minimum Gasteiger partial charge on any atom is -0.422 e. The van der Waals surface area contributed by atoms with E-state index in [-0.39, 0.29) is 9.76 Å². The third-order valence-electron chi connectivity index (χ3n) is 2.98. The van der Waals surface area contributed by atoms with Crippen molar-refractivity contribution in [2.75, 3.05) is 19.6 Å². The first-order valence-electron chi connectivity index (χ1n) is 7.54. The maximum Gasteiger partial charge on any atom is 0.161 e. The predicted octanol–water partition coefficient (Wildman–Crippen LogP) is 3.21. The van der Waals surface area contributed by atoms with Gasteiger partial charge in [0.05, 0.1) is 0 Å². The lowest BCUT2D eigenvalue weighted by Crippen LogP contribution is -2.27. The maximum atomic E-state index is 5.71. The lowest BCUT2D eigenvalue weighted by atomic mass is 10.2. The molecule has 104 valence electrons. The Kier molecular flexibility index (Phi) is 12.7. The topological polar surface area (TPSA) is 12.5 Å². The fourth-order valence-electron chi connectivity index (χ4n) is 1.86. The molecule has 0 bridgehead atoms. The van der Waals surface area contributed by atoms with Crippen LogP contribution in [0.4, 0.5) is 0 Å². The summed E-state index contributed by atoms with van der Waals surface area (Å²) in [6.07, 6.45) is 7.11. The standard InChI is InChI=1S/C14H33NOSi/c1-5-7-10-15(11-8-6-2)12-9-13-17-16-14(3)4/h14H,5-13,17H2,1-4H3. The molecular weight excluding hydrogens is 226 g/mol. The summed E-state index contributed by atoms with van der Waals surface area (Å²) < 4.78 is 5.71. The first kappa shape index (κ1) is 17.1. The van der Waals surface area contributed by atoms with E-state index in [0.717, 1.165) is 0 Å². The fourth-order valence-corrected chi connectivity index (χ4v) is 2.92. The van der Waals surface area contributed by atoms with Crippen molar-refractivity contribution >= 4 is 9.76 Å². The Labute approximate surface area is 111 Å². The third-order valence-corrected chi connectivity index (χ3v) is 4.67. The van der Waals surface area contributed by atoms with Gasteiger partial charge in [0.25, 0.3) is 0 Å². The van der Waals surface area contributed by atoms with Crippen molar-refractivity contribution in [1.82, 2.24) is 4.90 Å². The number of hydrogen-bond acceptors (Lipinski definition) is 2. The molecule has 3 heteroatoms. The Morgan fingerprint density at radius 3 is 1.94 bits per heavy atom. The molecule has 0 aliphatic heterocycles. The van der Waals surface area contributed by atoms with Gasteiger partial charge in [-0.05, 0) is 58.8 Å². The summed E-state index contributed by atoms with van der Waals surface area (Å²) in [7, 11) is -0.244. The predicted molar refractivity (Wildman–Crippen MR) is 80.4 cm³/mol. The van der Waals surface area contributed by atoms with Crippen molar-refractivity contribution in [2.24, 2.45) is 0 Å². The summed E-state index contributed by atoms with van der Waals surface area (Å²) in [6.45, 7) is 12.7. The van der Waals surface area contributed by atoms with Gasteiger partial charge in [0, 0.05) is 6.10 Å². The van der Waals surface area contributed by atoms with Crippen molar-refractivity contribution < 1.29 is 4.43 Å². The number of nitrogens with zero attached hydrogens (tertiary/aromatic N) is 1. The average molecular weight is 260 g/mol. The Morgan fingerprint density at radius 1 is 0.941 bits per heavy atom. The molecule has 0 aliphatic carbocycles. The third kappa shape index (κ3) is 12.4. The summed E-state index contributed by atoms with van der Waals surface area (Å²) >= 11 is 0. The van der Waals surface area contributed by atoms with Gasteiger partial charge >= 0.3 is 0 Å². The van der Waals surface area contributed by atoms with Crippen LogP contribution in [0.1, 0.15) is 59.8 Å². The van der Waals surface area contributed by atoms with Crippen molar-refractivity contribution in [3.05, 3.63) is 0 Å². The van der Waals surface area contributed by atoms with Crippen LogP contribution in [0.2, 0.25) is 6.04 Å². The lowest BCUT2D eigenvalue weighted by molar-refractivity contribution is 0.247. The zero-order valence-electron chi connectivity index (χ0n) is 12.5. The van der Waals surface area contributed by atoms with Crippen LogP contribution < -0.4 is 0 Å². The fraction of sp³-hybridized carbons (Fsp3) is 1.00. The second-order valence-electron chi connectivity index (χ2n) is 5.18. The number of rotatable bonds is 12. The number of unbranched alkanes of at least 4 members (excludes halogenated alkanes) is 2. The lowest BCUT2D eigenvalue weighted by Gasteiger charge is -2.21. The molecule has 0 aliphatic rings. The molecule has 0 atom stereocenters. The van der Waals surface area contributed by atoms with Gasteiger partial charge < -0.3 is 9.33 Å². The Balaban J connectivity index is 3.52. The van der Waals surface area contributed by atoms with Crippen LogP contribution in [0, 0.1) is 0 Å². The minimum absolute atomic E-state index is 0.244. The van der Waals surface area contributed by atoms with Gasteiger partial charge in [0.1, 0.15) is 0 Å². The number of hydrogen-bond donors (Lipinski definition) is 0. The van der Waals surface area contributed by atoms with Crippen molar-refractivity contribution in [3.63, 3.8) is 0 Å². The second kappa shape index (κ2) is 12.6. The molecule has 0 unspecified atom stereocenters. The molecule has 2 nitrogen and oxygen atoms in total. The molecule has 0 aromatic rings. The highest BCUT2D eigenvalue weighted by Crippen LogP contribution is 2.02. The van der Waals surface area contributed by atoms with Crippen molar-refractivity contribution in [1.29, 1.82) is 0 Å². The molecule has 0 aromatic carbocycles. The van der Waals surface area contributed by atoms with Gasteiger partial charge in [-0.25, -0.2) is 0 Å². The summed E-state index contributed by atoms with van der Waals surface area (Å²) in [6, 6.07) is 1.34. The molecule has 0 aromatic heterocycles. The van der Waals surface area contributed by atoms with Crippen LogP contribution in [0.3, 0.4) is 0 Å². The van der Waals surface area contributed by atoms with E-state index in [0.29, 0.717) is 6.10 Å². The van der Waals surface area contributed by atoms with Crippen LogP contribution in [0.25, 0.3) is 0 Å². The first-order chi connectivity index (χ1) is 8.20. The molecule has 0 spiro atoms. The van der Waals surface area contributed by atoms with Crippen LogP contribution in [0.15, 0.2) is 0 Å². The zero-order valence-corrected chi connectivity index (χ0v) is 13.9. The van der Waals surface area contributed by atoms with Gasteiger partial charge in [-0.3, -0.25) is 0 Å². The molecule has 0 amide bonds. The van der Waals surface area contributed by atoms with Gasteiger partial charge in [-0.15, -0.1) is 0 Å². The molecular formula is C14H33NOSi. The summed E-state index contributed by atoms with van der Waals surface area (Å²) in [5.74, 6) is 0. The van der Waals surface area contributed by atoms with E-state index >= 15 is 0 Å². The maximum absolute atomic E-state index is 5.71. The molecule has 17 heavy (non-hydrogen) atoms. The first-order valence-corrected chi connectivity index (χ1v) is 9.12. The van der Waals surface area contributed by atoms with E-state index in [4.69, 9.17) is 4.43 Å². The molecule has 0 heterocycles. The van der Waals surface area contributed by atoms with Gasteiger partial charge in [-0.2, -0.15) is 0 Å². The monoisotopic (exact) mass is 259 g/mol. The highest BCUT2D eigenvalue weighted by molar-refractivity contribution is 6.27. The normalized spacial score (nSPS) is 12.4. The smallest absolute Gasteiger partial charge is 0.161 e. The zero-order chi connectivity index (χ0) is 12.9. The van der Waals surface area contributed by atoms with E-state index < -0.39 is 0 Å². The van der Waals surface area contributed by atoms with Gasteiger partial charge in [0.2, 0.25) is 0 Å². The summed E-state index contributed by atoms with van der Waals surface area (Å²) in [4.78, 5) is 2.65. The SMILES string of the molecule is CCCCN(CCCC)CCC[SiH2]OC(C)C. The minimum atomic E-state index is -0.244. The van der Waals surface area contributed by atoms with Crippen molar-refractivity contribution in [2.45, 2.75) is 71.9 Å². The molecule has 0 rings (SSSR count). The van der Waals surface area contributed by atoms with E-state index in [1.165, 1.54) is 57.8 Å². The molecule has 0 radical (unpaired) electrons.